The first-order valence-electron chi connectivity index (χ1n) is 8.45. The van der Waals surface area contributed by atoms with Crippen molar-refractivity contribution in [3.05, 3.63) is 59.1 Å². The predicted octanol–water partition coefficient (Wildman–Crippen LogP) is 3.82. The van der Waals surface area contributed by atoms with Crippen molar-refractivity contribution >= 4 is 33.6 Å². The Balaban J connectivity index is 1.73. The Morgan fingerprint density at radius 1 is 1.16 bits per heavy atom. The van der Waals surface area contributed by atoms with E-state index in [0.29, 0.717) is 18.1 Å². The van der Waals surface area contributed by atoms with Crippen LogP contribution in [0.4, 0.5) is 11.6 Å². The standard InChI is InChI=1S/C19H19N5O/c1-2-3-10-24-17(25)7-4-14-12-21-19(23-18(14)24)22-15-5-6-16-13(11-15)8-9-20-16/h4-9,11-12,20H,2-3,10H2,1H3,(H,21,22,23). The Hall–Kier alpha value is -3.15. The van der Waals surface area contributed by atoms with Crippen LogP contribution in [0.5, 0.6) is 0 Å². The monoisotopic (exact) mass is 333 g/mol. The summed E-state index contributed by atoms with van der Waals surface area (Å²) in [6.45, 7) is 2.77. The van der Waals surface area contributed by atoms with Gasteiger partial charge < -0.3 is 10.3 Å². The van der Waals surface area contributed by atoms with Gasteiger partial charge in [0.05, 0.1) is 0 Å². The second-order valence-electron chi connectivity index (χ2n) is 6.05. The van der Waals surface area contributed by atoms with E-state index in [1.165, 1.54) is 0 Å². The minimum Gasteiger partial charge on any atom is -0.361 e. The maximum Gasteiger partial charge on any atom is 0.252 e. The summed E-state index contributed by atoms with van der Waals surface area (Å²) < 4.78 is 1.72. The van der Waals surface area contributed by atoms with Crippen LogP contribution in [-0.4, -0.2) is 19.5 Å². The lowest BCUT2D eigenvalue weighted by molar-refractivity contribution is 0.627. The smallest absolute Gasteiger partial charge is 0.252 e. The lowest BCUT2D eigenvalue weighted by atomic mass is 10.2. The molecule has 0 bridgehead atoms. The van der Waals surface area contributed by atoms with E-state index >= 15 is 0 Å². The highest BCUT2D eigenvalue weighted by molar-refractivity contribution is 5.84. The van der Waals surface area contributed by atoms with E-state index in [1.807, 2.05) is 30.5 Å². The number of nitrogens with one attached hydrogen (secondary N) is 2. The summed E-state index contributed by atoms with van der Waals surface area (Å²) in [5.41, 5.74) is 2.63. The van der Waals surface area contributed by atoms with E-state index in [4.69, 9.17) is 0 Å². The van der Waals surface area contributed by atoms with E-state index in [0.717, 1.165) is 34.8 Å². The normalized spacial score (nSPS) is 11.2. The molecule has 6 heteroatoms. The minimum atomic E-state index is -0.0284. The third-order valence-electron chi connectivity index (χ3n) is 4.27. The molecule has 3 aromatic heterocycles. The third kappa shape index (κ3) is 2.98. The molecular formula is C19H19N5O. The van der Waals surface area contributed by atoms with E-state index < -0.39 is 0 Å². The summed E-state index contributed by atoms with van der Waals surface area (Å²) in [6, 6.07) is 11.4. The van der Waals surface area contributed by atoms with Gasteiger partial charge in [-0.3, -0.25) is 9.36 Å². The number of benzene rings is 1. The highest BCUT2D eigenvalue weighted by Crippen LogP contribution is 2.21. The fraction of sp³-hybridized carbons (Fsp3) is 0.211. The zero-order valence-electron chi connectivity index (χ0n) is 14.0. The van der Waals surface area contributed by atoms with Crippen LogP contribution in [0.2, 0.25) is 0 Å². The molecule has 4 rings (SSSR count). The van der Waals surface area contributed by atoms with Gasteiger partial charge in [-0.05, 0) is 36.8 Å². The van der Waals surface area contributed by atoms with Gasteiger partial charge in [0.15, 0.2) is 0 Å². The van der Waals surface area contributed by atoms with Gasteiger partial charge in [0.2, 0.25) is 5.95 Å². The second-order valence-corrected chi connectivity index (χ2v) is 6.05. The maximum absolute atomic E-state index is 12.2. The fourth-order valence-corrected chi connectivity index (χ4v) is 2.92. The van der Waals surface area contributed by atoms with Crippen molar-refractivity contribution < 1.29 is 0 Å². The van der Waals surface area contributed by atoms with Gasteiger partial charge >= 0.3 is 0 Å². The van der Waals surface area contributed by atoms with E-state index in [1.54, 1.807) is 22.9 Å². The molecule has 1 aromatic carbocycles. The summed E-state index contributed by atoms with van der Waals surface area (Å²) in [4.78, 5) is 24.3. The van der Waals surface area contributed by atoms with Crippen LogP contribution in [0.3, 0.4) is 0 Å². The number of unbranched alkanes of at least 4 members (excludes halogenated alkanes) is 1. The molecule has 0 unspecified atom stereocenters. The summed E-state index contributed by atoms with van der Waals surface area (Å²) in [6.07, 6.45) is 5.63. The Morgan fingerprint density at radius 3 is 2.96 bits per heavy atom. The zero-order chi connectivity index (χ0) is 17.2. The molecule has 0 aliphatic rings. The Bertz CT molecular complexity index is 1100. The number of H-pyrrole nitrogens is 1. The molecule has 126 valence electrons. The molecule has 0 saturated heterocycles. The molecule has 6 nitrogen and oxygen atoms in total. The summed E-state index contributed by atoms with van der Waals surface area (Å²) >= 11 is 0. The first kappa shape index (κ1) is 15.4. The largest absolute Gasteiger partial charge is 0.361 e. The Kier molecular flexibility index (Phi) is 3.93. The molecular weight excluding hydrogens is 314 g/mol. The van der Waals surface area contributed by atoms with Gasteiger partial charge in [0, 0.05) is 47.0 Å². The quantitative estimate of drug-likeness (QED) is 0.582. The highest BCUT2D eigenvalue weighted by Gasteiger charge is 2.07. The van der Waals surface area contributed by atoms with E-state index in [-0.39, 0.29) is 5.56 Å². The van der Waals surface area contributed by atoms with Gasteiger partial charge in [-0.15, -0.1) is 0 Å². The molecule has 2 N–H and O–H groups in total. The van der Waals surface area contributed by atoms with Gasteiger partial charge in [0.1, 0.15) is 5.65 Å². The van der Waals surface area contributed by atoms with Gasteiger partial charge in [-0.1, -0.05) is 13.3 Å². The number of aryl methyl sites for hydroxylation is 1. The summed E-state index contributed by atoms with van der Waals surface area (Å²) in [7, 11) is 0. The topological polar surface area (TPSA) is 75.6 Å². The number of aromatic nitrogens is 4. The number of fused-ring (bicyclic) bond motifs is 2. The molecule has 0 radical (unpaired) electrons. The summed E-state index contributed by atoms with van der Waals surface area (Å²) in [5, 5.41) is 5.21. The van der Waals surface area contributed by atoms with Crippen LogP contribution in [0.1, 0.15) is 19.8 Å². The fourth-order valence-electron chi connectivity index (χ4n) is 2.92. The van der Waals surface area contributed by atoms with Crippen LogP contribution in [-0.2, 0) is 6.54 Å². The van der Waals surface area contributed by atoms with Crippen LogP contribution < -0.4 is 10.9 Å². The minimum absolute atomic E-state index is 0.0284. The number of anilines is 2. The Morgan fingerprint density at radius 2 is 2.08 bits per heavy atom. The lowest BCUT2D eigenvalue weighted by Crippen LogP contribution is -2.20. The second kappa shape index (κ2) is 6.39. The number of hydrogen-bond donors (Lipinski definition) is 2. The third-order valence-corrected chi connectivity index (χ3v) is 4.27. The molecule has 0 atom stereocenters. The molecule has 4 aromatic rings. The van der Waals surface area contributed by atoms with Crippen molar-refractivity contribution in [3.8, 4) is 0 Å². The number of rotatable bonds is 5. The van der Waals surface area contributed by atoms with Crippen molar-refractivity contribution in [3.63, 3.8) is 0 Å². The van der Waals surface area contributed by atoms with Gasteiger partial charge in [0.25, 0.3) is 5.56 Å². The lowest BCUT2D eigenvalue weighted by Gasteiger charge is -2.10. The summed E-state index contributed by atoms with van der Waals surface area (Å²) in [5.74, 6) is 0.484. The molecule has 0 aliphatic carbocycles. The van der Waals surface area contributed by atoms with Crippen molar-refractivity contribution in [2.75, 3.05) is 5.32 Å². The molecule has 0 amide bonds. The first-order chi connectivity index (χ1) is 12.2. The number of aromatic amines is 1. The van der Waals surface area contributed by atoms with E-state index in [9.17, 15) is 4.79 Å². The van der Waals surface area contributed by atoms with Crippen molar-refractivity contribution in [2.45, 2.75) is 26.3 Å². The molecule has 25 heavy (non-hydrogen) atoms. The maximum atomic E-state index is 12.2. The van der Waals surface area contributed by atoms with Crippen molar-refractivity contribution in [2.24, 2.45) is 0 Å². The zero-order valence-corrected chi connectivity index (χ0v) is 14.0. The number of pyridine rings is 1. The van der Waals surface area contributed by atoms with Crippen LogP contribution in [0.15, 0.2) is 53.6 Å². The van der Waals surface area contributed by atoms with Crippen LogP contribution in [0.25, 0.3) is 21.9 Å². The predicted molar refractivity (Wildman–Crippen MR) is 100 cm³/mol. The van der Waals surface area contributed by atoms with E-state index in [2.05, 4.69) is 27.2 Å². The molecule has 0 spiro atoms. The average Bonchev–Trinajstić information content (AvgIpc) is 3.09. The molecule has 3 heterocycles. The SMILES string of the molecule is CCCCn1c(=O)ccc2cnc(Nc3ccc4[nH]ccc4c3)nc21. The molecule has 0 saturated carbocycles. The van der Waals surface area contributed by atoms with Crippen molar-refractivity contribution in [1.82, 2.24) is 19.5 Å². The van der Waals surface area contributed by atoms with Crippen molar-refractivity contribution in [1.29, 1.82) is 0 Å². The van der Waals surface area contributed by atoms with Crippen LogP contribution in [0, 0.1) is 0 Å². The highest BCUT2D eigenvalue weighted by atomic mass is 16.1. The average molecular weight is 333 g/mol. The van der Waals surface area contributed by atoms with Crippen LogP contribution >= 0.6 is 0 Å². The first-order valence-corrected chi connectivity index (χ1v) is 8.45. The number of hydrogen-bond acceptors (Lipinski definition) is 4. The van der Waals surface area contributed by atoms with Gasteiger partial charge in [-0.25, -0.2) is 4.98 Å². The Labute approximate surface area is 144 Å². The van der Waals surface area contributed by atoms with Gasteiger partial charge in [-0.2, -0.15) is 4.98 Å². The number of nitrogens with zero attached hydrogens (tertiary/aromatic N) is 3. The molecule has 0 aliphatic heterocycles. The molecule has 0 fully saturated rings.